The maximum Gasteiger partial charge on any atom is 0.198 e. The van der Waals surface area contributed by atoms with Gasteiger partial charge < -0.3 is 10.2 Å². The molecule has 15 heavy (non-hydrogen) atoms. The van der Waals surface area contributed by atoms with Gasteiger partial charge in [-0.3, -0.25) is 0 Å². The average molecular weight is 269 g/mol. The van der Waals surface area contributed by atoms with Gasteiger partial charge in [-0.05, 0) is 31.2 Å². The molecule has 4 heteroatoms. The van der Waals surface area contributed by atoms with Gasteiger partial charge in [-0.25, -0.2) is 4.98 Å². The molecule has 0 bridgehead atoms. The van der Waals surface area contributed by atoms with Crippen LogP contribution in [-0.4, -0.2) is 11.5 Å². The van der Waals surface area contributed by atoms with Crippen LogP contribution in [0.25, 0.3) is 11.1 Å². The number of nitrogens with zero attached hydrogens (tertiary/aromatic N) is 1. The van der Waals surface area contributed by atoms with Crippen molar-refractivity contribution in [1.29, 1.82) is 0 Å². The molecule has 1 unspecified atom stereocenters. The number of nitrogens with two attached hydrogens (primary N) is 1. The smallest absolute Gasteiger partial charge is 0.198 e. The summed E-state index contributed by atoms with van der Waals surface area (Å²) in [7, 11) is 0. The van der Waals surface area contributed by atoms with E-state index in [-0.39, 0.29) is 5.92 Å². The third-order valence-corrected chi connectivity index (χ3v) is 2.88. The number of oxazole rings is 1. The van der Waals surface area contributed by atoms with Gasteiger partial charge in [0.25, 0.3) is 0 Å². The molecule has 1 atom stereocenters. The molecule has 3 nitrogen and oxygen atoms in total. The van der Waals surface area contributed by atoms with Crippen molar-refractivity contribution in [2.24, 2.45) is 5.73 Å². The van der Waals surface area contributed by atoms with Crippen LogP contribution in [0.2, 0.25) is 0 Å². The van der Waals surface area contributed by atoms with Crippen molar-refractivity contribution in [2.45, 2.75) is 19.3 Å². The van der Waals surface area contributed by atoms with E-state index in [9.17, 15) is 0 Å². The fraction of sp³-hybridized carbons (Fsp3) is 0.364. The molecule has 0 saturated heterocycles. The van der Waals surface area contributed by atoms with E-state index in [1.165, 1.54) is 0 Å². The first-order valence-electron chi connectivity index (χ1n) is 4.96. The second-order valence-corrected chi connectivity index (χ2v) is 4.56. The zero-order valence-electron chi connectivity index (χ0n) is 8.53. The highest BCUT2D eigenvalue weighted by Crippen LogP contribution is 2.25. The lowest BCUT2D eigenvalue weighted by atomic mass is 10.1. The van der Waals surface area contributed by atoms with Crippen LogP contribution in [0.3, 0.4) is 0 Å². The highest BCUT2D eigenvalue weighted by Gasteiger charge is 2.12. The first-order chi connectivity index (χ1) is 7.20. The number of benzene rings is 1. The lowest BCUT2D eigenvalue weighted by molar-refractivity contribution is 0.473. The molecular weight excluding hydrogens is 256 g/mol. The Balaban J connectivity index is 2.38. The Kier molecular flexibility index (Phi) is 3.07. The van der Waals surface area contributed by atoms with E-state index in [0.717, 1.165) is 27.9 Å². The average Bonchev–Trinajstić information content (AvgIpc) is 2.60. The van der Waals surface area contributed by atoms with Crippen LogP contribution < -0.4 is 5.73 Å². The van der Waals surface area contributed by atoms with Crippen LogP contribution in [0, 0.1) is 0 Å². The van der Waals surface area contributed by atoms with E-state index < -0.39 is 0 Å². The molecule has 1 aromatic heterocycles. The molecule has 0 aliphatic rings. The predicted octanol–water partition coefficient (Wildman–Crippen LogP) is 3.04. The van der Waals surface area contributed by atoms with Crippen molar-refractivity contribution in [2.75, 3.05) is 6.54 Å². The van der Waals surface area contributed by atoms with Gasteiger partial charge in [0.05, 0.1) is 0 Å². The summed E-state index contributed by atoms with van der Waals surface area (Å²) < 4.78 is 6.66. The zero-order chi connectivity index (χ0) is 10.8. The Morgan fingerprint density at radius 2 is 2.33 bits per heavy atom. The topological polar surface area (TPSA) is 52.0 Å². The monoisotopic (exact) mass is 268 g/mol. The molecule has 0 saturated carbocycles. The lowest BCUT2D eigenvalue weighted by Crippen LogP contribution is -2.04. The van der Waals surface area contributed by atoms with Gasteiger partial charge in [0.15, 0.2) is 11.5 Å². The first-order valence-corrected chi connectivity index (χ1v) is 5.76. The molecule has 0 amide bonds. The van der Waals surface area contributed by atoms with E-state index >= 15 is 0 Å². The Morgan fingerprint density at radius 3 is 3.07 bits per heavy atom. The summed E-state index contributed by atoms with van der Waals surface area (Å²) in [4.78, 5) is 4.44. The van der Waals surface area contributed by atoms with Crippen molar-refractivity contribution in [3.05, 3.63) is 28.6 Å². The summed E-state index contributed by atoms with van der Waals surface area (Å²) in [6, 6.07) is 5.83. The quantitative estimate of drug-likeness (QED) is 0.931. The minimum Gasteiger partial charge on any atom is -0.440 e. The number of rotatable bonds is 3. The molecule has 80 valence electrons. The van der Waals surface area contributed by atoms with E-state index in [2.05, 4.69) is 27.8 Å². The second kappa shape index (κ2) is 4.33. The molecule has 1 heterocycles. The number of halogens is 1. The molecule has 0 fully saturated rings. The Morgan fingerprint density at radius 1 is 1.53 bits per heavy atom. The van der Waals surface area contributed by atoms with Crippen molar-refractivity contribution in [3.8, 4) is 0 Å². The van der Waals surface area contributed by atoms with Crippen molar-refractivity contribution >= 4 is 27.0 Å². The molecule has 2 N–H and O–H groups in total. The standard InChI is InChI=1S/C11H13BrN2O/c1-7(4-5-13)11-14-9-6-8(12)2-3-10(9)15-11/h2-3,6-7H,4-5,13H2,1H3. The minimum atomic E-state index is 0.279. The van der Waals surface area contributed by atoms with Gasteiger partial charge in [0, 0.05) is 10.4 Å². The summed E-state index contributed by atoms with van der Waals surface area (Å²) in [5, 5.41) is 0. The van der Waals surface area contributed by atoms with Crippen LogP contribution >= 0.6 is 15.9 Å². The van der Waals surface area contributed by atoms with Gasteiger partial charge in [-0.15, -0.1) is 0 Å². The van der Waals surface area contributed by atoms with Crippen LogP contribution in [0.15, 0.2) is 27.1 Å². The fourth-order valence-electron chi connectivity index (χ4n) is 1.50. The van der Waals surface area contributed by atoms with Crippen molar-refractivity contribution < 1.29 is 4.42 Å². The highest BCUT2D eigenvalue weighted by atomic mass is 79.9. The van der Waals surface area contributed by atoms with Gasteiger partial charge >= 0.3 is 0 Å². The summed E-state index contributed by atoms with van der Waals surface area (Å²) in [6.45, 7) is 2.73. The maximum absolute atomic E-state index is 5.65. The second-order valence-electron chi connectivity index (χ2n) is 3.64. The van der Waals surface area contributed by atoms with Crippen molar-refractivity contribution in [1.82, 2.24) is 4.98 Å². The third-order valence-electron chi connectivity index (χ3n) is 2.39. The number of fused-ring (bicyclic) bond motifs is 1. The molecule has 0 spiro atoms. The predicted molar refractivity (Wildman–Crippen MR) is 63.8 cm³/mol. The van der Waals surface area contributed by atoms with E-state index in [1.807, 2.05) is 18.2 Å². The van der Waals surface area contributed by atoms with Crippen LogP contribution in [0.4, 0.5) is 0 Å². The van der Waals surface area contributed by atoms with Gasteiger partial charge in [0.2, 0.25) is 0 Å². The Bertz CT molecular complexity index is 467. The Labute approximate surface area is 96.8 Å². The van der Waals surface area contributed by atoms with E-state index in [1.54, 1.807) is 0 Å². The van der Waals surface area contributed by atoms with Crippen LogP contribution in [0.1, 0.15) is 25.2 Å². The number of aromatic nitrogens is 1. The minimum absolute atomic E-state index is 0.279. The van der Waals surface area contributed by atoms with E-state index in [4.69, 9.17) is 10.2 Å². The molecule has 2 aromatic rings. The molecule has 0 aliphatic carbocycles. The van der Waals surface area contributed by atoms with Crippen LogP contribution in [-0.2, 0) is 0 Å². The van der Waals surface area contributed by atoms with Gasteiger partial charge in [0.1, 0.15) is 5.52 Å². The molecule has 1 aromatic carbocycles. The first kappa shape index (κ1) is 10.6. The third kappa shape index (κ3) is 2.21. The summed E-state index contributed by atoms with van der Waals surface area (Å²) in [6.07, 6.45) is 0.897. The largest absolute Gasteiger partial charge is 0.440 e. The summed E-state index contributed by atoms with van der Waals surface area (Å²) >= 11 is 3.41. The molecule has 0 radical (unpaired) electrons. The summed E-state index contributed by atoms with van der Waals surface area (Å²) in [5.41, 5.74) is 7.23. The van der Waals surface area contributed by atoms with E-state index in [0.29, 0.717) is 6.54 Å². The molecule has 2 rings (SSSR count). The zero-order valence-corrected chi connectivity index (χ0v) is 10.1. The molecular formula is C11H13BrN2O. The van der Waals surface area contributed by atoms with Gasteiger partial charge in [-0.2, -0.15) is 0 Å². The fourth-order valence-corrected chi connectivity index (χ4v) is 1.85. The Hall–Kier alpha value is -0.870. The summed E-state index contributed by atoms with van der Waals surface area (Å²) in [5.74, 6) is 1.05. The molecule has 0 aliphatic heterocycles. The maximum atomic E-state index is 5.65. The lowest BCUT2D eigenvalue weighted by Gasteiger charge is -2.02. The number of hydrogen-bond donors (Lipinski definition) is 1. The normalized spacial score (nSPS) is 13.3. The van der Waals surface area contributed by atoms with Crippen LogP contribution in [0.5, 0.6) is 0 Å². The van der Waals surface area contributed by atoms with Gasteiger partial charge in [-0.1, -0.05) is 22.9 Å². The highest BCUT2D eigenvalue weighted by molar-refractivity contribution is 9.10. The van der Waals surface area contributed by atoms with Crippen molar-refractivity contribution in [3.63, 3.8) is 0 Å². The number of hydrogen-bond acceptors (Lipinski definition) is 3. The SMILES string of the molecule is CC(CCN)c1nc2cc(Br)ccc2o1.